The summed E-state index contributed by atoms with van der Waals surface area (Å²) in [5, 5.41) is 11.0. The maximum absolute atomic E-state index is 13.1. The van der Waals surface area contributed by atoms with Crippen molar-refractivity contribution < 1.29 is 27.5 Å². The van der Waals surface area contributed by atoms with Gasteiger partial charge in [0, 0.05) is 31.7 Å². The Balaban J connectivity index is 2.14. The van der Waals surface area contributed by atoms with Crippen LogP contribution in [0.25, 0.3) is 0 Å². The van der Waals surface area contributed by atoms with Crippen LogP contribution >= 0.6 is 0 Å². The molecule has 0 aromatic heterocycles. The van der Waals surface area contributed by atoms with Crippen LogP contribution in [0.3, 0.4) is 0 Å². The molecule has 1 amide bonds. The molecular weight excluding hydrogens is 328 g/mol. The van der Waals surface area contributed by atoms with Gasteiger partial charge >= 0.3 is 12.1 Å². The zero-order valence-electron chi connectivity index (χ0n) is 13.0. The molecule has 0 unspecified atom stereocenters. The molecule has 1 aromatic carbocycles. The second kappa shape index (κ2) is 7.94. The predicted octanol–water partition coefficient (Wildman–Crippen LogP) is 2.04. The van der Waals surface area contributed by atoms with E-state index in [0.29, 0.717) is 31.5 Å². The smallest absolute Gasteiger partial charge is 0.396 e. The summed E-state index contributed by atoms with van der Waals surface area (Å²) in [5.74, 6) is -2.71. The first kappa shape index (κ1) is 18.7. The van der Waals surface area contributed by atoms with Gasteiger partial charge in [0.05, 0.1) is 0 Å². The molecule has 2 rings (SSSR count). The summed E-state index contributed by atoms with van der Waals surface area (Å²) in [6.07, 6.45) is -3.89. The van der Waals surface area contributed by atoms with Crippen molar-refractivity contribution in [3.8, 4) is 0 Å². The lowest BCUT2D eigenvalue weighted by Crippen LogP contribution is -2.54. The maximum atomic E-state index is 13.1. The molecule has 2 N–H and O–H groups in total. The monoisotopic (exact) mass is 348 g/mol. The van der Waals surface area contributed by atoms with E-state index in [1.165, 1.54) is 24.3 Å². The SMILES string of the molecule is O=C(N[C@@H]1CN(CCCO)CC[C@H]1c1ccc(F)cc1)C(F)(F)F. The third kappa shape index (κ3) is 4.91. The number of carbonyl (C=O) groups is 1. The third-order valence-corrected chi connectivity index (χ3v) is 4.20. The summed E-state index contributed by atoms with van der Waals surface area (Å²) >= 11 is 0. The van der Waals surface area contributed by atoms with Crippen LogP contribution in [0.5, 0.6) is 0 Å². The van der Waals surface area contributed by atoms with Crippen molar-refractivity contribution in [2.75, 3.05) is 26.2 Å². The van der Waals surface area contributed by atoms with Gasteiger partial charge in [-0.25, -0.2) is 4.39 Å². The maximum Gasteiger partial charge on any atom is 0.471 e. The number of benzene rings is 1. The van der Waals surface area contributed by atoms with Gasteiger partial charge in [-0.1, -0.05) is 12.1 Å². The fourth-order valence-electron chi connectivity index (χ4n) is 3.02. The number of halogens is 4. The highest BCUT2D eigenvalue weighted by Gasteiger charge is 2.42. The Hall–Kier alpha value is -1.67. The number of piperidine rings is 1. The average molecular weight is 348 g/mol. The molecule has 0 bridgehead atoms. The van der Waals surface area contributed by atoms with E-state index in [0.717, 1.165) is 0 Å². The number of rotatable bonds is 5. The number of aliphatic hydroxyl groups excluding tert-OH is 1. The molecule has 0 saturated carbocycles. The van der Waals surface area contributed by atoms with Gasteiger partial charge in [-0.3, -0.25) is 4.79 Å². The van der Waals surface area contributed by atoms with Crippen LogP contribution in [0.2, 0.25) is 0 Å². The predicted molar refractivity (Wildman–Crippen MR) is 79.9 cm³/mol. The second-order valence-corrected chi connectivity index (χ2v) is 5.90. The van der Waals surface area contributed by atoms with Crippen LogP contribution in [0.1, 0.15) is 24.3 Å². The van der Waals surface area contributed by atoms with Crippen molar-refractivity contribution >= 4 is 5.91 Å². The first-order valence-corrected chi connectivity index (χ1v) is 7.77. The molecule has 24 heavy (non-hydrogen) atoms. The standard InChI is InChI=1S/C16H20F4N2O2/c17-12-4-2-11(3-5-12)13-6-8-22(7-1-9-23)10-14(13)21-15(24)16(18,19)20/h2-5,13-14,23H,1,6-10H2,(H,21,24)/t13-,14+/m0/s1. The molecule has 1 aliphatic rings. The number of amides is 1. The molecule has 0 radical (unpaired) electrons. The molecule has 1 heterocycles. The van der Waals surface area contributed by atoms with Gasteiger partial charge in [0.25, 0.3) is 0 Å². The highest BCUT2D eigenvalue weighted by molar-refractivity contribution is 5.82. The summed E-state index contributed by atoms with van der Waals surface area (Å²) in [6.45, 7) is 1.44. The van der Waals surface area contributed by atoms with Gasteiger partial charge in [0.15, 0.2) is 0 Å². The fraction of sp³-hybridized carbons (Fsp3) is 0.562. The van der Waals surface area contributed by atoms with Crippen LogP contribution < -0.4 is 5.32 Å². The minimum absolute atomic E-state index is 0.00251. The molecular formula is C16H20F4N2O2. The van der Waals surface area contributed by atoms with Gasteiger partial charge in [0.2, 0.25) is 0 Å². The highest BCUT2D eigenvalue weighted by atomic mass is 19.4. The lowest BCUT2D eigenvalue weighted by Gasteiger charge is -2.39. The van der Waals surface area contributed by atoms with Crippen molar-refractivity contribution in [2.24, 2.45) is 0 Å². The molecule has 1 fully saturated rings. The number of carbonyl (C=O) groups excluding carboxylic acids is 1. The number of nitrogens with one attached hydrogen (secondary N) is 1. The van der Waals surface area contributed by atoms with E-state index in [4.69, 9.17) is 5.11 Å². The first-order valence-electron chi connectivity index (χ1n) is 7.77. The van der Waals surface area contributed by atoms with Gasteiger partial charge in [-0.15, -0.1) is 0 Å². The van der Waals surface area contributed by atoms with Crippen molar-refractivity contribution in [3.63, 3.8) is 0 Å². The van der Waals surface area contributed by atoms with Crippen molar-refractivity contribution in [1.82, 2.24) is 10.2 Å². The number of nitrogens with zero attached hydrogens (tertiary/aromatic N) is 1. The zero-order valence-corrected chi connectivity index (χ0v) is 13.0. The minimum atomic E-state index is -4.94. The largest absolute Gasteiger partial charge is 0.471 e. The molecule has 134 valence electrons. The Morgan fingerprint density at radius 2 is 1.96 bits per heavy atom. The van der Waals surface area contributed by atoms with Crippen molar-refractivity contribution in [3.05, 3.63) is 35.6 Å². The normalized spacial score (nSPS) is 22.4. The number of alkyl halides is 3. The number of aliphatic hydroxyl groups is 1. The quantitative estimate of drug-likeness (QED) is 0.801. The lowest BCUT2D eigenvalue weighted by molar-refractivity contribution is -0.174. The molecule has 0 aliphatic carbocycles. The van der Waals surface area contributed by atoms with Gasteiger partial charge in [-0.05, 0) is 37.1 Å². The molecule has 2 atom stereocenters. The Kier molecular flexibility index (Phi) is 6.17. The van der Waals surface area contributed by atoms with Crippen LogP contribution in [0.4, 0.5) is 17.6 Å². The third-order valence-electron chi connectivity index (χ3n) is 4.20. The van der Waals surface area contributed by atoms with Gasteiger partial charge < -0.3 is 15.3 Å². The van der Waals surface area contributed by atoms with Crippen LogP contribution in [-0.4, -0.2) is 54.4 Å². The minimum Gasteiger partial charge on any atom is -0.396 e. The Labute approximate surface area is 137 Å². The van der Waals surface area contributed by atoms with Crippen LogP contribution in [-0.2, 0) is 4.79 Å². The van der Waals surface area contributed by atoms with E-state index < -0.39 is 23.9 Å². The van der Waals surface area contributed by atoms with E-state index in [1.807, 2.05) is 4.90 Å². The summed E-state index contributed by atoms with van der Waals surface area (Å²) in [4.78, 5) is 13.2. The van der Waals surface area contributed by atoms with E-state index >= 15 is 0 Å². The van der Waals surface area contributed by atoms with Crippen LogP contribution in [0, 0.1) is 5.82 Å². The highest BCUT2D eigenvalue weighted by Crippen LogP contribution is 2.29. The van der Waals surface area contributed by atoms with Crippen molar-refractivity contribution in [2.45, 2.75) is 31.0 Å². The van der Waals surface area contributed by atoms with E-state index in [1.54, 1.807) is 0 Å². The van der Waals surface area contributed by atoms with Crippen LogP contribution in [0.15, 0.2) is 24.3 Å². The summed E-state index contributed by atoms with van der Waals surface area (Å²) in [6, 6.07) is 4.87. The topological polar surface area (TPSA) is 52.6 Å². The van der Waals surface area contributed by atoms with E-state index in [9.17, 15) is 22.4 Å². The van der Waals surface area contributed by atoms with E-state index in [-0.39, 0.29) is 19.1 Å². The summed E-state index contributed by atoms with van der Waals surface area (Å²) < 4.78 is 50.8. The molecule has 0 spiro atoms. The number of likely N-dealkylation sites (tertiary alicyclic amines) is 1. The van der Waals surface area contributed by atoms with E-state index in [2.05, 4.69) is 5.32 Å². The lowest BCUT2D eigenvalue weighted by atomic mass is 9.85. The van der Waals surface area contributed by atoms with Crippen molar-refractivity contribution in [1.29, 1.82) is 0 Å². The average Bonchev–Trinajstić information content (AvgIpc) is 2.53. The first-order chi connectivity index (χ1) is 11.3. The Morgan fingerprint density at radius 1 is 1.29 bits per heavy atom. The molecule has 8 heteroatoms. The molecule has 4 nitrogen and oxygen atoms in total. The zero-order chi connectivity index (χ0) is 17.7. The fourth-order valence-corrected chi connectivity index (χ4v) is 3.02. The molecule has 1 saturated heterocycles. The molecule has 1 aromatic rings. The Bertz CT molecular complexity index is 548. The number of hydrogen-bond donors (Lipinski definition) is 2. The summed E-state index contributed by atoms with van der Waals surface area (Å²) in [5.41, 5.74) is 0.700. The van der Waals surface area contributed by atoms with Gasteiger partial charge in [-0.2, -0.15) is 13.2 Å². The Morgan fingerprint density at radius 3 is 2.54 bits per heavy atom. The van der Waals surface area contributed by atoms with Gasteiger partial charge in [0.1, 0.15) is 5.82 Å². The molecule has 1 aliphatic heterocycles. The summed E-state index contributed by atoms with van der Waals surface area (Å²) in [7, 11) is 0. The second-order valence-electron chi connectivity index (χ2n) is 5.90. The number of hydrogen-bond acceptors (Lipinski definition) is 3.